The van der Waals surface area contributed by atoms with E-state index in [1.165, 1.54) is 24.0 Å². The van der Waals surface area contributed by atoms with Crippen molar-refractivity contribution in [3.05, 3.63) is 47.1 Å². The van der Waals surface area contributed by atoms with Gasteiger partial charge in [0.1, 0.15) is 0 Å². The van der Waals surface area contributed by atoms with Crippen molar-refractivity contribution in [3.8, 4) is 0 Å². The van der Waals surface area contributed by atoms with Crippen molar-refractivity contribution in [3.63, 3.8) is 0 Å². The standard InChI is InChI=1S/C20H27N3O2/c1-13-5-3-4-6-18(13)16-11-17(12-16)22-19(15-7-9-24-10-8-15)20-21-14(2)23-25-20/h3-6,15-17,19,22H,7-12H2,1-2H3. The van der Waals surface area contributed by atoms with Crippen molar-refractivity contribution in [1.82, 2.24) is 15.5 Å². The molecule has 1 unspecified atom stereocenters. The van der Waals surface area contributed by atoms with Gasteiger partial charge in [-0.15, -0.1) is 0 Å². The monoisotopic (exact) mass is 341 g/mol. The van der Waals surface area contributed by atoms with Crippen LogP contribution in [0, 0.1) is 19.8 Å². The van der Waals surface area contributed by atoms with Crippen LogP contribution in [0.15, 0.2) is 28.8 Å². The summed E-state index contributed by atoms with van der Waals surface area (Å²) in [7, 11) is 0. The van der Waals surface area contributed by atoms with Crippen LogP contribution in [0.3, 0.4) is 0 Å². The molecule has 5 heteroatoms. The lowest BCUT2D eigenvalue weighted by atomic mass is 9.74. The quantitative estimate of drug-likeness (QED) is 0.899. The highest BCUT2D eigenvalue weighted by molar-refractivity contribution is 5.31. The van der Waals surface area contributed by atoms with E-state index in [1.807, 2.05) is 6.92 Å². The minimum Gasteiger partial charge on any atom is -0.381 e. The van der Waals surface area contributed by atoms with Gasteiger partial charge >= 0.3 is 0 Å². The number of aromatic nitrogens is 2. The summed E-state index contributed by atoms with van der Waals surface area (Å²) in [5.74, 6) is 2.62. The van der Waals surface area contributed by atoms with E-state index >= 15 is 0 Å². The van der Waals surface area contributed by atoms with Crippen molar-refractivity contribution in [2.24, 2.45) is 5.92 Å². The predicted octanol–water partition coefficient (Wildman–Crippen LogP) is 3.69. The van der Waals surface area contributed by atoms with E-state index in [1.54, 1.807) is 0 Å². The highest BCUT2D eigenvalue weighted by atomic mass is 16.5. The summed E-state index contributed by atoms with van der Waals surface area (Å²) in [5, 5.41) is 7.82. The third-order valence-corrected chi connectivity index (χ3v) is 5.73. The fourth-order valence-electron chi connectivity index (χ4n) is 4.20. The van der Waals surface area contributed by atoms with Gasteiger partial charge < -0.3 is 14.6 Å². The number of aryl methyl sites for hydroxylation is 2. The highest BCUT2D eigenvalue weighted by Crippen LogP contribution is 2.40. The Labute approximate surface area is 149 Å². The first kappa shape index (κ1) is 16.7. The Kier molecular flexibility index (Phi) is 4.86. The number of rotatable bonds is 5. The highest BCUT2D eigenvalue weighted by Gasteiger charge is 2.37. The molecule has 0 spiro atoms. The molecular formula is C20H27N3O2. The number of nitrogens with zero attached hydrogens (tertiary/aromatic N) is 2. The van der Waals surface area contributed by atoms with Crippen LogP contribution < -0.4 is 5.32 Å². The molecule has 1 aromatic heterocycles. The number of hydrogen-bond donors (Lipinski definition) is 1. The van der Waals surface area contributed by atoms with Crippen molar-refractivity contribution in [2.45, 2.75) is 57.5 Å². The number of hydrogen-bond acceptors (Lipinski definition) is 5. The van der Waals surface area contributed by atoms with Crippen molar-refractivity contribution in [2.75, 3.05) is 13.2 Å². The summed E-state index contributed by atoms with van der Waals surface area (Å²) in [5.41, 5.74) is 2.90. The number of benzene rings is 1. The van der Waals surface area contributed by atoms with Crippen LogP contribution in [0.1, 0.15) is 60.5 Å². The fourth-order valence-corrected chi connectivity index (χ4v) is 4.20. The molecular weight excluding hydrogens is 314 g/mol. The van der Waals surface area contributed by atoms with Gasteiger partial charge in [0.2, 0.25) is 5.89 Å². The second-order valence-electron chi connectivity index (χ2n) is 7.50. The van der Waals surface area contributed by atoms with E-state index in [4.69, 9.17) is 9.26 Å². The topological polar surface area (TPSA) is 60.2 Å². The van der Waals surface area contributed by atoms with E-state index < -0.39 is 0 Å². The van der Waals surface area contributed by atoms with E-state index in [9.17, 15) is 0 Å². The molecule has 2 fully saturated rings. The first-order chi connectivity index (χ1) is 12.2. The third-order valence-electron chi connectivity index (χ3n) is 5.73. The molecule has 25 heavy (non-hydrogen) atoms. The van der Waals surface area contributed by atoms with Crippen molar-refractivity contribution < 1.29 is 9.26 Å². The molecule has 2 aromatic rings. The Bertz CT molecular complexity index is 702. The van der Waals surface area contributed by atoms with Gasteiger partial charge in [0, 0.05) is 19.3 Å². The first-order valence-electron chi connectivity index (χ1n) is 9.40. The SMILES string of the molecule is Cc1noc(C(NC2CC(c3ccccc3C)C2)C2CCOCC2)n1. The Balaban J connectivity index is 1.42. The molecule has 4 rings (SSSR count). The van der Waals surface area contributed by atoms with Gasteiger partial charge in [-0.25, -0.2) is 0 Å². The van der Waals surface area contributed by atoms with Crippen LogP contribution in [0.4, 0.5) is 0 Å². The third kappa shape index (κ3) is 3.62. The normalized spacial score (nSPS) is 25.5. The van der Waals surface area contributed by atoms with Crippen molar-refractivity contribution >= 4 is 0 Å². The smallest absolute Gasteiger partial charge is 0.244 e. The van der Waals surface area contributed by atoms with Gasteiger partial charge in [0.05, 0.1) is 6.04 Å². The molecule has 0 bridgehead atoms. The van der Waals surface area contributed by atoms with E-state index in [0.717, 1.165) is 31.9 Å². The van der Waals surface area contributed by atoms with E-state index in [2.05, 4.69) is 46.6 Å². The van der Waals surface area contributed by atoms with Crippen LogP contribution in [0.25, 0.3) is 0 Å². The lowest BCUT2D eigenvalue weighted by Crippen LogP contribution is -2.45. The maximum absolute atomic E-state index is 5.53. The lowest BCUT2D eigenvalue weighted by Gasteiger charge is -2.40. The Morgan fingerprint density at radius 3 is 2.56 bits per heavy atom. The molecule has 0 radical (unpaired) electrons. The lowest BCUT2D eigenvalue weighted by molar-refractivity contribution is 0.0436. The molecule has 134 valence electrons. The molecule has 1 saturated heterocycles. The zero-order chi connectivity index (χ0) is 17.2. The maximum Gasteiger partial charge on any atom is 0.244 e. The Morgan fingerprint density at radius 1 is 1.12 bits per heavy atom. The average molecular weight is 341 g/mol. The molecule has 0 amide bonds. The van der Waals surface area contributed by atoms with Crippen LogP contribution in [-0.2, 0) is 4.74 Å². The minimum atomic E-state index is 0.146. The van der Waals surface area contributed by atoms with Crippen LogP contribution in [0.5, 0.6) is 0 Å². The molecule has 1 saturated carbocycles. The number of ether oxygens (including phenoxy) is 1. The first-order valence-corrected chi connectivity index (χ1v) is 9.40. The van der Waals surface area contributed by atoms with E-state index in [0.29, 0.717) is 23.7 Å². The Morgan fingerprint density at radius 2 is 1.88 bits per heavy atom. The second kappa shape index (κ2) is 7.26. The Hall–Kier alpha value is -1.72. The fraction of sp³-hybridized carbons (Fsp3) is 0.600. The summed E-state index contributed by atoms with van der Waals surface area (Å²) < 4.78 is 11.0. The second-order valence-corrected chi connectivity index (χ2v) is 7.50. The zero-order valence-corrected chi connectivity index (χ0v) is 15.1. The molecule has 1 atom stereocenters. The largest absolute Gasteiger partial charge is 0.381 e. The van der Waals surface area contributed by atoms with Gasteiger partial charge in [-0.2, -0.15) is 4.98 Å². The molecule has 5 nitrogen and oxygen atoms in total. The van der Waals surface area contributed by atoms with Gasteiger partial charge in [-0.1, -0.05) is 29.4 Å². The van der Waals surface area contributed by atoms with Gasteiger partial charge in [-0.3, -0.25) is 0 Å². The summed E-state index contributed by atoms with van der Waals surface area (Å²) in [6.07, 6.45) is 4.45. The zero-order valence-electron chi connectivity index (χ0n) is 15.1. The average Bonchev–Trinajstić information content (AvgIpc) is 3.02. The van der Waals surface area contributed by atoms with E-state index in [-0.39, 0.29) is 6.04 Å². The molecule has 1 aliphatic carbocycles. The molecule has 1 aliphatic heterocycles. The molecule has 2 aliphatic rings. The van der Waals surface area contributed by atoms with Gasteiger partial charge in [-0.05, 0) is 62.5 Å². The molecule has 2 heterocycles. The van der Waals surface area contributed by atoms with Crippen LogP contribution in [-0.4, -0.2) is 29.4 Å². The summed E-state index contributed by atoms with van der Waals surface area (Å²) in [4.78, 5) is 4.51. The predicted molar refractivity (Wildman–Crippen MR) is 95.4 cm³/mol. The minimum absolute atomic E-state index is 0.146. The maximum atomic E-state index is 5.53. The molecule has 1 N–H and O–H groups in total. The van der Waals surface area contributed by atoms with Gasteiger partial charge in [0.15, 0.2) is 5.82 Å². The summed E-state index contributed by atoms with van der Waals surface area (Å²) in [6, 6.07) is 9.41. The molecule has 1 aromatic carbocycles. The summed E-state index contributed by atoms with van der Waals surface area (Å²) in [6.45, 7) is 5.74. The van der Waals surface area contributed by atoms with Gasteiger partial charge in [0.25, 0.3) is 0 Å². The summed E-state index contributed by atoms with van der Waals surface area (Å²) >= 11 is 0. The number of nitrogens with one attached hydrogen (secondary N) is 1. The van der Waals surface area contributed by atoms with Crippen LogP contribution >= 0.6 is 0 Å². The van der Waals surface area contributed by atoms with Crippen molar-refractivity contribution in [1.29, 1.82) is 0 Å². The van der Waals surface area contributed by atoms with Crippen LogP contribution in [0.2, 0.25) is 0 Å².